The standard InChI is InChI=1S/C14H21N/c1-10-8-11(13(2,3)4)6-7-12(10)14(5)9-15-14/h6-8,15H,9H2,1-5H3. The summed E-state index contributed by atoms with van der Waals surface area (Å²) in [6.07, 6.45) is 0. The lowest BCUT2D eigenvalue weighted by Gasteiger charge is -2.21. The summed E-state index contributed by atoms with van der Waals surface area (Å²) in [6.45, 7) is 12.4. The molecule has 1 aromatic rings. The van der Waals surface area contributed by atoms with Gasteiger partial charge >= 0.3 is 0 Å². The second-order valence-corrected chi connectivity index (χ2v) is 5.97. The van der Waals surface area contributed by atoms with Crippen LogP contribution >= 0.6 is 0 Å². The fourth-order valence-corrected chi connectivity index (χ4v) is 2.07. The molecule has 1 nitrogen and oxygen atoms in total. The molecule has 0 saturated carbocycles. The lowest BCUT2D eigenvalue weighted by Crippen LogP contribution is -2.14. The van der Waals surface area contributed by atoms with Crippen molar-refractivity contribution in [1.29, 1.82) is 0 Å². The molecule has 1 aromatic carbocycles. The summed E-state index contributed by atoms with van der Waals surface area (Å²) in [5.74, 6) is 0. The average molecular weight is 203 g/mol. The van der Waals surface area contributed by atoms with Crippen LogP contribution in [0.2, 0.25) is 0 Å². The van der Waals surface area contributed by atoms with Crippen LogP contribution in [0, 0.1) is 6.92 Å². The smallest absolute Gasteiger partial charge is 0.0536 e. The molecule has 0 bridgehead atoms. The first-order valence-corrected chi connectivity index (χ1v) is 5.70. The van der Waals surface area contributed by atoms with Gasteiger partial charge in [-0.2, -0.15) is 0 Å². The van der Waals surface area contributed by atoms with Gasteiger partial charge in [0.2, 0.25) is 0 Å². The van der Waals surface area contributed by atoms with E-state index in [0.717, 1.165) is 6.54 Å². The summed E-state index contributed by atoms with van der Waals surface area (Å²) in [5.41, 5.74) is 4.79. The Hall–Kier alpha value is -0.820. The predicted molar refractivity (Wildman–Crippen MR) is 65.2 cm³/mol. The summed E-state index contributed by atoms with van der Waals surface area (Å²) in [4.78, 5) is 0. The van der Waals surface area contributed by atoms with Gasteiger partial charge in [-0.05, 0) is 36.0 Å². The zero-order valence-corrected chi connectivity index (χ0v) is 10.4. The van der Waals surface area contributed by atoms with E-state index in [9.17, 15) is 0 Å². The minimum Gasteiger partial charge on any atom is -0.304 e. The van der Waals surface area contributed by atoms with Crippen molar-refractivity contribution in [2.24, 2.45) is 0 Å². The molecule has 15 heavy (non-hydrogen) atoms. The molecule has 82 valence electrons. The fraction of sp³-hybridized carbons (Fsp3) is 0.571. The van der Waals surface area contributed by atoms with Gasteiger partial charge in [0.05, 0.1) is 5.54 Å². The van der Waals surface area contributed by atoms with Crippen molar-refractivity contribution in [3.05, 3.63) is 34.9 Å². The van der Waals surface area contributed by atoms with Crippen LogP contribution in [0.1, 0.15) is 44.4 Å². The first-order chi connectivity index (χ1) is 6.83. The highest BCUT2D eigenvalue weighted by atomic mass is 15.1. The molecule has 1 fully saturated rings. The summed E-state index contributed by atoms with van der Waals surface area (Å²) in [5, 5.41) is 3.43. The van der Waals surface area contributed by atoms with Crippen LogP contribution in [-0.2, 0) is 11.0 Å². The maximum Gasteiger partial charge on any atom is 0.0536 e. The predicted octanol–water partition coefficient (Wildman–Crippen LogP) is 3.11. The summed E-state index contributed by atoms with van der Waals surface area (Å²) >= 11 is 0. The number of benzene rings is 1. The van der Waals surface area contributed by atoms with Crippen molar-refractivity contribution in [2.45, 2.75) is 45.6 Å². The molecule has 1 heterocycles. The molecule has 1 saturated heterocycles. The van der Waals surface area contributed by atoms with E-state index < -0.39 is 0 Å². The third-order valence-electron chi connectivity index (χ3n) is 3.39. The largest absolute Gasteiger partial charge is 0.304 e. The van der Waals surface area contributed by atoms with Crippen molar-refractivity contribution in [2.75, 3.05) is 6.54 Å². The lowest BCUT2D eigenvalue weighted by atomic mass is 9.84. The SMILES string of the molecule is Cc1cc(C(C)(C)C)ccc1C1(C)CN1. The van der Waals surface area contributed by atoms with Gasteiger partial charge in [-0.1, -0.05) is 39.0 Å². The van der Waals surface area contributed by atoms with Crippen LogP contribution in [-0.4, -0.2) is 6.54 Å². The third-order valence-corrected chi connectivity index (χ3v) is 3.39. The van der Waals surface area contributed by atoms with Gasteiger partial charge in [0, 0.05) is 6.54 Å². The highest BCUT2D eigenvalue weighted by molar-refractivity contribution is 5.41. The normalized spacial score (nSPS) is 25.4. The Morgan fingerprint density at radius 3 is 2.27 bits per heavy atom. The Morgan fingerprint density at radius 2 is 1.87 bits per heavy atom. The Balaban J connectivity index is 2.40. The molecular formula is C14H21N. The summed E-state index contributed by atoms with van der Waals surface area (Å²) in [6, 6.07) is 6.89. The Labute approximate surface area is 92.9 Å². The van der Waals surface area contributed by atoms with Gasteiger partial charge in [0.15, 0.2) is 0 Å². The first-order valence-electron chi connectivity index (χ1n) is 5.70. The minimum atomic E-state index is 0.250. The van der Waals surface area contributed by atoms with Crippen molar-refractivity contribution in [1.82, 2.24) is 5.32 Å². The molecular weight excluding hydrogens is 182 g/mol. The molecule has 0 amide bonds. The molecule has 0 aromatic heterocycles. The van der Waals surface area contributed by atoms with E-state index in [1.54, 1.807) is 0 Å². The van der Waals surface area contributed by atoms with Gasteiger partial charge in [-0.15, -0.1) is 0 Å². The van der Waals surface area contributed by atoms with E-state index >= 15 is 0 Å². The zero-order valence-electron chi connectivity index (χ0n) is 10.4. The quantitative estimate of drug-likeness (QED) is 0.696. The topological polar surface area (TPSA) is 21.9 Å². The van der Waals surface area contributed by atoms with Crippen molar-refractivity contribution >= 4 is 0 Å². The van der Waals surface area contributed by atoms with Crippen LogP contribution in [0.3, 0.4) is 0 Å². The fourth-order valence-electron chi connectivity index (χ4n) is 2.07. The second kappa shape index (κ2) is 3.08. The first kappa shape index (κ1) is 10.7. The van der Waals surface area contributed by atoms with Crippen LogP contribution in [0.4, 0.5) is 0 Å². The lowest BCUT2D eigenvalue weighted by molar-refractivity contribution is 0.588. The summed E-state index contributed by atoms with van der Waals surface area (Å²) < 4.78 is 0. The number of rotatable bonds is 1. The van der Waals surface area contributed by atoms with E-state index in [4.69, 9.17) is 0 Å². The van der Waals surface area contributed by atoms with Crippen LogP contribution in [0.15, 0.2) is 18.2 Å². The molecule has 0 radical (unpaired) electrons. The van der Waals surface area contributed by atoms with Gasteiger partial charge in [0.1, 0.15) is 0 Å². The van der Waals surface area contributed by atoms with E-state index in [0.29, 0.717) is 0 Å². The highest BCUT2D eigenvalue weighted by Crippen LogP contribution is 2.34. The van der Waals surface area contributed by atoms with Crippen LogP contribution in [0.5, 0.6) is 0 Å². The van der Waals surface area contributed by atoms with Crippen molar-refractivity contribution < 1.29 is 0 Å². The maximum absolute atomic E-state index is 3.43. The molecule has 1 heteroatoms. The zero-order chi connectivity index (χ0) is 11.3. The number of hydrogen-bond donors (Lipinski definition) is 1. The third kappa shape index (κ3) is 1.93. The number of aryl methyl sites for hydroxylation is 1. The van der Waals surface area contributed by atoms with Crippen LogP contribution in [0.25, 0.3) is 0 Å². The molecule has 1 aliphatic heterocycles. The van der Waals surface area contributed by atoms with E-state index in [2.05, 4.69) is 58.1 Å². The Bertz CT molecular complexity index is 381. The monoisotopic (exact) mass is 203 g/mol. The van der Waals surface area contributed by atoms with Gasteiger partial charge in [-0.3, -0.25) is 0 Å². The molecule has 0 aliphatic carbocycles. The Morgan fingerprint density at radius 1 is 1.27 bits per heavy atom. The summed E-state index contributed by atoms with van der Waals surface area (Å²) in [7, 11) is 0. The van der Waals surface area contributed by atoms with Gasteiger partial charge in [0.25, 0.3) is 0 Å². The molecule has 1 aliphatic rings. The van der Waals surface area contributed by atoms with E-state index in [-0.39, 0.29) is 11.0 Å². The second-order valence-electron chi connectivity index (χ2n) is 5.97. The van der Waals surface area contributed by atoms with Crippen molar-refractivity contribution in [3.63, 3.8) is 0 Å². The molecule has 1 N–H and O–H groups in total. The van der Waals surface area contributed by atoms with E-state index in [1.807, 2.05) is 0 Å². The number of nitrogens with one attached hydrogen (secondary N) is 1. The van der Waals surface area contributed by atoms with Gasteiger partial charge < -0.3 is 5.32 Å². The number of hydrogen-bond acceptors (Lipinski definition) is 1. The maximum atomic E-state index is 3.43. The van der Waals surface area contributed by atoms with Crippen molar-refractivity contribution in [3.8, 4) is 0 Å². The minimum absolute atomic E-state index is 0.250. The Kier molecular flexibility index (Phi) is 2.20. The van der Waals surface area contributed by atoms with Gasteiger partial charge in [-0.25, -0.2) is 0 Å². The van der Waals surface area contributed by atoms with Crippen LogP contribution < -0.4 is 5.32 Å². The van der Waals surface area contributed by atoms with E-state index in [1.165, 1.54) is 16.7 Å². The molecule has 2 rings (SSSR count). The average Bonchev–Trinajstić information content (AvgIpc) is 2.82. The highest BCUT2D eigenvalue weighted by Gasteiger charge is 2.39. The molecule has 0 spiro atoms. The molecule has 1 unspecified atom stereocenters. The molecule has 1 atom stereocenters.